The van der Waals surface area contributed by atoms with Gasteiger partial charge in [0.15, 0.2) is 0 Å². The van der Waals surface area contributed by atoms with Crippen LogP contribution < -0.4 is 10.4 Å². The smallest absolute Gasteiger partial charge is 0.333 e. The molecule has 0 amide bonds. The molecule has 1 unspecified atom stereocenters. The molecule has 28 heavy (non-hydrogen) atoms. The number of hydrogen-bond acceptors (Lipinski definition) is 2. The van der Waals surface area contributed by atoms with Crippen molar-refractivity contribution < 1.29 is 4.74 Å². The molecule has 0 spiro atoms. The van der Waals surface area contributed by atoms with Crippen molar-refractivity contribution in [3.63, 3.8) is 0 Å². The molecule has 1 atom stereocenters. The molecule has 0 bridgehead atoms. The minimum atomic E-state index is -0.0937. The van der Waals surface area contributed by atoms with E-state index in [0.29, 0.717) is 6.61 Å². The highest BCUT2D eigenvalue weighted by atomic mass is 16.5. The second-order valence-electron chi connectivity index (χ2n) is 6.53. The summed E-state index contributed by atoms with van der Waals surface area (Å²) in [4.78, 5) is 13.0. The van der Waals surface area contributed by atoms with Gasteiger partial charge in [-0.25, -0.2) is 4.79 Å². The number of nitrogens with zero attached hydrogens (tertiary/aromatic N) is 2. The summed E-state index contributed by atoms with van der Waals surface area (Å²) >= 11 is 0. The van der Waals surface area contributed by atoms with Crippen LogP contribution in [-0.4, -0.2) is 15.7 Å². The third-order valence-corrected chi connectivity index (χ3v) is 4.88. The molecule has 0 aliphatic heterocycles. The average molecular weight is 374 g/mol. The fourth-order valence-electron chi connectivity index (χ4n) is 3.29. The summed E-state index contributed by atoms with van der Waals surface area (Å²) < 4.78 is 8.98. The van der Waals surface area contributed by atoms with Crippen LogP contribution in [0.3, 0.4) is 0 Å². The van der Waals surface area contributed by atoms with Crippen molar-refractivity contribution >= 4 is 5.57 Å². The first-order chi connectivity index (χ1) is 13.6. The molecule has 0 saturated heterocycles. The Balaban J connectivity index is 1.91. The Hall–Kier alpha value is -3.27. The van der Waals surface area contributed by atoms with E-state index in [2.05, 4.69) is 6.58 Å². The van der Waals surface area contributed by atoms with E-state index < -0.39 is 0 Å². The quantitative estimate of drug-likeness (QED) is 0.531. The molecule has 4 heteroatoms. The molecule has 0 fully saturated rings. The first kappa shape index (κ1) is 19.5. The summed E-state index contributed by atoms with van der Waals surface area (Å²) in [7, 11) is 0. The third kappa shape index (κ3) is 3.86. The van der Waals surface area contributed by atoms with Crippen molar-refractivity contribution in [3.8, 4) is 11.4 Å². The minimum Gasteiger partial charge on any atom is -0.494 e. The van der Waals surface area contributed by atoms with E-state index in [1.54, 1.807) is 9.13 Å². The molecule has 0 saturated carbocycles. The van der Waals surface area contributed by atoms with Crippen molar-refractivity contribution in [1.29, 1.82) is 0 Å². The standard InChI is InChI=1S/C24H26N2O2/c1-5-19(6-2)20-11-13-22(14-12-20)26-16-15-25(24(26)27)18(4)21-9-8-10-23(17-21)28-7-3/h5-6,8-18H,1,7H2,2-4H3/b19-6+. The predicted molar refractivity (Wildman–Crippen MR) is 115 cm³/mol. The fourth-order valence-corrected chi connectivity index (χ4v) is 3.29. The lowest BCUT2D eigenvalue weighted by Gasteiger charge is -2.14. The summed E-state index contributed by atoms with van der Waals surface area (Å²) in [5.74, 6) is 0.817. The maximum atomic E-state index is 13.0. The van der Waals surface area contributed by atoms with E-state index in [9.17, 15) is 4.79 Å². The zero-order valence-electron chi connectivity index (χ0n) is 16.6. The van der Waals surface area contributed by atoms with Gasteiger partial charge in [0, 0.05) is 12.4 Å². The van der Waals surface area contributed by atoms with E-state index in [-0.39, 0.29) is 11.7 Å². The van der Waals surface area contributed by atoms with Gasteiger partial charge in [-0.3, -0.25) is 9.13 Å². The Morgan fingerprint density at radius 2 is 1.93 bits per heavy atom. The molecule has 2 aromatic carbocycles. The largest absolute Gasteiger partial charge is 0.494 e. The van der Waals surface area contributed by atoms with Gasteiger partial charge in [0.25, 0.3) is 0 Å². The second kappa shape index (κ2) is 8.61. The van der Waals surface area contributed by atoms with Crippen LogP contribution in [0.5, 0.6) is 5.75 Å². The van der Waals surface area contributed by atoms with Crippen molar-refractivity contribution in [1.82, 2.24) is 9.13 Å². The third-order valence-electron chi connectivity index (χ3n) is 4.88. The minimum absolute atomic E-state index is 0.0722. The van der Waals surface area contributed by atoms with Crippen LogP contribution in [0.4, 0.5) is 0 Å². The Kier molecular flexibility index (Phi) is 5.99. The molecule has 1 heterocycles. The molecule has 3 rings (SSSR count). The first-order valence-electron chi connectivity index (χ1n) is 9.50. The molecule has 0 aliphatic rings. The van der Waals surface area contributed by atoms with Crippen molar-refractivity contribution in [2.45, 2.75) is 26.8 Å². The van der Waals surface area contributed by atoms with Crippen LogP contribution in [0.2, 0.25) is 0 Å². The number of aromatic nitrogens is 2. The van der Waals surface area contributed by atoms with Gasteiger partial charge < -0.3 is 4.74 Å². The van der Waals surface area contributed by atoms with Gasteiger partial charge in [0.05, 0.1) is 18.3 Å². The maximum Gasteiger partial charge on any atom is 0.333 e. The zero-order valence-corrected chi connectivity index (χ0v) is 16.6. The Morgan fingerprint density at radius 1 is 1.18 bits per heavy atom. The van der Waals surface area contributed by atoms with Gasteiger partial charge in [-0.1, -0.05) is 43.0 Å². The summed E-state index contributed by atoms with van der Waals surface area (Å²) in [5, 5.41) is 0. The second-order valence-corrected chi connectivity index (χ2v) is 6.53. The van der Waals surface area contributed by atoms with Gasteiger partial charge in [-0.2, -0.15) is 0 Å². The summed E-state index contributed by atoms with van der Waals surface area (Å²) in [6, 6.07) is 15.7. The molecular weight excluding hydrogens is 348 g/mol. The van der Waals surface area contributed by atoms with E-state index in [1.165, 1.54) is 0 Å². The highest BCUT2D eigenvalue weighted by Gasteiger charge is 2.14. The zero-order chi connectivity index (χ0) is 20.1. The topological polar surface area (TPSA) is 36.2 Å². The van der Waals surface area contributed by atoms with Crippen LogP contribution in [0.1, 0.15) is 37.9 Å². The highest BCUT2D eigenvalue weighted by Crippen LogP contribution is 2.22. The average Bonchev–Trinajstić information content (AvgIpc) is 3.11. The predicted octanol–water partition coefficient (Wildman–Crippen LogP) is 5.24. The summed E-state index contributed by atoms with van der Waals surface area (Å²) in [6.07, 6.45) is 7.48. The maximum absolute atomic E-state index is 13.0. The normalized spacial score (nSPS) is 12.6. The number of rotatable bonds is 7. The summed E-state index contributed by atoms with van der Waals surface area (Å²) in [6.45, 7) is 10.4. The van der Waals surface area contributed by atoms with Crippen LogP contribution in [-0.2, 0) is 0 Å². The number of ether oxygens (including phenoxy) is 1. The van der Waals surface area contributed by atoms with E-state index in [0.717, 1.165) is 28.1 Å². The lowest BCUT2D eigenvalue weighted by Crippen LogP contribution is -2.25. The van der Waals surface area contributed by atoms with Gasteiger partial charge in [-0.15, -0.1) is 0 Å². The number of hydrogen-bond donors (Lipinski definition) is 0. The van der Waals surface area contributed by atoms with Crippen molar-refractivity contribution in [2.24, 2.45) is 0 Å². The number of imidazole rings is 1. The molecule has 4 nitrogen and oxygen atoms in total. The summed E-state index contributed by atoms with van der Waals surface area (Å²) in [5.41, 5.74) is 3.94. The van der Waals surface area contributed by atoms with Crippen LogP contribution >= 0.6 is 0 Å². The molecule has 1 aromatic heterocycles. The fraction of sp³-hybridized carbons (Fsp3) is 0.208. The molecular formula is C24H26N2O2. The molecule has 0 N–H and O–H groups in total. The Labute approximate surface area is 166 Å². The molecule has 3 aromatic rings. The SMILES string of the molecule is C=C/C(=C\C)c1ccc(-n2ccn(C(C)c3cccc(OCC)c3)c2=O)cc1. The number of benzene rings is 2. The van der Waals surface area contributed by atoms with Crippen LogP contribution in [0, 0.1) is 0 Å². The lowest BCUT2D eigenvalue weighted by molar-refractivity contribution is 0.339. The van der Waals surface area contributed by atoms with Gasteiger partial charge in [0.1, 0.15) is 5.75 Å². The van der Waals surface area contributed by atoms with E-state index >= 15 is 0 Å². The van der Waals surface area contributed by atoms with Gasteiger partial charge in [-0.05, 0) is 61.7 Å². The highest BCUT2D eigenvalue weighted by molar-refractivity contribution is 5.73. The van der Waals surface area contributed by atoms with Gasteiger partial charge in [0.2, 0.25) is 0 Å². The van der Waals surface area contributed by atoms with E-state index in [4.69, 9.17) is 4.74 Å². The van der Waals surface area contributed by atoms with Crippen LogP contribution in [0.25, 0.3) is 11.3 Å². The Bertz CT molecular complexity index is 1040. The first-order valence-corrected chi connectivity index (χ1v) is 9.50. The molecule has 144 valence electrons. The van der Waals surface area contributed by atoms with E-state index in [1.807, 2.05) is 93.8 Å². The molecule has 0 radical (unpaired) electrons. The Morgan fingerprint density at radius 3 is 2.57 bits per heavy atom. The van der Waals surface area contributed by atoms with Crippen molar-refractivity contribution in [3.05, 3.63) is 101 Å². The number of allylic oxidation sites excluding steroid dienone is 3. The van der Waals surface area contributed by atoms with Gasteiger partial charge >= 0.3 is 5.69 Å². The molecule has 0 aliphatic carbocycles. The monoisotopic (exact) mass is 374 g/mol. The lowest BCUT2D eigenvalue weighted by atomic mass is 10.1. The van der Waals surface area contributed by atoms with Crippen LogP contribution in [0.15, 0.2) is 84.5 Å². The van der Waals surface area contributed by atoms with Crippen molar-refractivity contribution in [2.75, 3.05) is 6.61 Å².